The fraction of sp³-hybridized carbons (Fsp3) is 0.406. The van der Waals surface area contributed by atoms with Crippen LogP contribution in [0.1, 0.15) is 60.3 Å². The van der Waals surface area contributed by atoms with Crippen LogP contribution in [0.4, 0.5) is 0 Å². The van der Waals surface area contributed by atoms with Crippen molar-refractivity contribution in [2.45, 2.75) is 71.4 Å². The average Bonchev–Trinajstić information content (AvgIpc) is 2.93. The standard InChI is InChI=1S/C32H40O6Si/c1-22(18-19-24-20-28(30(34)36-6)29(31(35)37-7)21-27(24)23(2)33)38-39(32(3,4)5,25-14-10-8-11-15-25)26-16-12-9-13-17-26/h8-17,22H,18-21H2,1-7H3. The molecule has 0 aromatic heterocycles. The third kappa shape index (κ3) is 6.48. The van der Waals surface area contributed by atoms with Crippen molar-refractivity contribution in [1.82, 2.24) is 0 Å². The molecule has 0 heterocycles. The smallest absolute Gasteiger partial charge is 0.334 e. The van der Waals surface area contributed by atoms with E-state index in [0.29, 0.717) is 18.4 Å². The van der Waals surface area contributed by atoms with E-state index in [4.69, 9.17) is 13.9 Å². The molecular weight excluding hydrogens is 508 g/mol. The molecule has 7 heteroatoms. The van der Waals surface area contributed by atoms with Crippen molar-refractivity contribution in [2.24, 2.45) is 0 Å². The Morgan fingerprint density at radius 1 is 0.795 bits per heavy atom. The summed E-state index contributed by atoms with van der Waals surface area (Å²) in [7, 11) is -0.183. The number of hydrogen-bond donors (Lipinski definition) is 0. The lowest BCUT2D eigenvalue weighted by molar-refractivity contribution is -0.139. The van der Waals surface area contributed by atoms with Crippen LogP contribution < -0.4 is 10.4 Å². The molecule has 0 N–H and O–H groups in total. The van der Waals surface area contributed by atoms with Crippen LogP contribution in [0.15, 0.2) is 83.0 Å². The second-order valence-corrected chi connectivity index (χ2v) is 15.3. The molecule has 0 bridgehead atoms. The maximum Gasteiger partial charge on any atom is 0.334 e. The van der Waals surface area contributed by atoms with Gasteiger partial charge in [0, 0.05) is 18.9 Å². The molecule has 1 unspecified atom stereocenters. The Hall–Kier alpha value is -3.29. The minimum absolute atomic E-state index is 0.0612. The molecule has 0 fully saturated rings. The van der Waals surface area contributed by atoms with Crippen LogP contribution in [0.5, 0.6) is 0 Å². The molecule has 3 rings (SSSR count). The number of Topliss-reactive ketones (excluding diaryl/α,β-unsaturated/α-hetero) is 1. The Morgan fingerprint density at radius 2 is 1.26 bits per heavy atom. The number of carbonyl (C=O) groups is 3. The van der Waals surface area contributed by atoms with Gasteiger partial charge in [0.1, 0.15) is 0 Å². The second-order valence-electron chi connectivity index (χ2n) is 11.1. The zero-order valence-corrected chi connectivity index (χ0v) is 25.1. The van der Waals surface area contributed by atoms with Gasteiger partial charge in [-0.1, -0.05) is 87.0 Å². The van der Waals surface area contributed by atoms with E-state index in [1.165, 1.54) is 31.5 Å². The molecule has 0 saturated carbocycles. The van der Waals surface area contributed by atoms with Crippen LogP contribution >= 0.6 is 0 Å². The summed E-state index contributed by atoms with van der Waals surface area (Å²) in [6.45, 7) is 10.3. The predicted octanol–water partition coefficient (Wildman–Crippen LogP) is 5.05. The number of ether oxygens (including phenoxy) is 2. The summed E-state index contributed by atoms with van der Waals surface area (Å²) in [4.78, 5) is 37.6. The van der Waals surface area contributed by atoms with E-state index in [1.54, 1.807) is 0 Å². The highest BCUT2D eigenvalue weighted by Gasteiger charge is 2.51. The van der Waals surface area contributed by atoms with Gasteiger partial charge in [-0.2, -0.15) is 0 Å². The highest BCUT2D eigenvalue weighted by atomic mass is 28.4. The number of rotatable bonds is 10. The van der Waals surface area contributed by atoms with Crippen molar-refractivity contribution in [3.05, 3.63) is 83.0 Å². The second kappa shape index (κ2) is 12.7. The Balaban J connectivity index is 1.95. The van der Waals surface area contributed by atoms with E-state index in [9.17, 15) is 14.4 Å². The van der Waals surface area contributed by atoms with Gasteiger partial charge in [-0.25, -0.2) is 9.59 Å². The maximum absolute atomic E-state index is 12.6. The fourth-order valence-corrected chi connectivity index (χ4v) is 10.3. The molecule has 39 heavy (non-hydrogen) atoms. The van der Waals surface area contributed by atoms with Gasteiger partial charge in [-0.05, 0) is 47.7 Å². The SMILES string of the molecule is COC(=O)C1=C(C(=O)OC)CC(C(C)=O)=C(CCC(C)O[Si](c2ccccc2)(c2ccccc2)C(C)(C)C)C1. The zero-order chi connectivity index (χ0) is 28.8. The summed E-state index contributed by atoms with van der Waals surface area (Å²) in [5.41, 5.74) is 1.84. The molecular formula is C32H40O6Si. The van der Waals surface area contributed by atoms with Gasteiger partial charge in [-0.3, -0.25) is 4.79 Å². The molecule has 1 atom stereocenters. The van der Waals surface area contributed by atoms with Crippen molar-refractivity contribution in [2.75, 3.05) is 14.2 Å². The quantitative estimate of drug-likeness (QED) is 0.305. The monoisotopic (exact) mass is 548 g/mol. The number of hydrogen-bond acceptors (Lipinski definition) is 6. The van der Waals surface area contributed by atoms with Crippen LogP contribution in [0.2, 0.25) is 5.04 Å². The van der Waals surface area contributed by atoms with Crippen LogP contribution in [-0.2, 0) is 28.3 Å². The Morgan fingerprint density at radius 3 is 1.67 bits per heavy atom. The average molecular weight is 549 g/mol. The van der Waals surface area contributed by atoms with Gasteiger partial charge in [0.2, 0.25) is 0 Å². The lowest BCUT2D eigenvalue weighted by atomic mass is 9.82. The third-order valence-electron chi connectivity index (χ3n) is 7.47. The highest BCUT2D eigenvalue weighted by molar-refractivity contribution is 6.99. The van der Waals surface area contributed by atoms with Crippen LogP contribution in [0.25, 0.3) is 0 Å². The third-order valence-corrected chi connectivity index (χ3v) is 12.6. The minimum Gasteiger partial charge on any atom is -0.466 e. The normalized spacial score (nSPS) is 15.2. The first-order valence-electron chi connectivity index (χ1n) is 13.4. The number of allylic oxidation sites excluding steroid dienone is 2. The molecule has 208 valence electrons. The van der Waals surface area contributed by atoms with E-state index in [-0.39, 0.29) is 40.9 Å². The van der Waals surface area contributed by atoms with Gasteiger partial charge in [0.05, 0.1) is 25.4 Å². The first-order chi connectivity index (χ1) is 18.5. The van der Waals surface area contributed by atoms with Gasteiger partial charge < -0.3 is 13.9 Å². The van der Waals surface area contributed by atoms with Gasteiger partial charge in [0.25, 0.3) is 8.32 Å². The summed E-state index contributed by atoms with van der Waals surface area (Å²) in [6, 6.07) is 20.9. The van der Waals surface area contributed by atoms with Crippen LogP contribution in [0, 0.1) is 0 Å². The number of carbonyl (C=O) groups excluding carboxylic acids is 3. The summed E-state index contributed by atoms with van der Waals surface area (Å²) in [6.07, 6.45) is 1.32. The molecule has 2 aromatic rings. The van der Waals surface area contributed by atoms with E-state index in [2.05, 4.69) is 76.2 Å². The fourth-order valence-electron chi connectivity index (χ4n) is 5.51. The maximum atomic E-state index is 12.6. The molecule has 2 aromatic carbocycles. The van der Waals surface area contributed by atoms with Gasteiger partial charge in [-0.15, -0.1) is 0 Å². The highest BCUT2D eigenvalue weighted by Crippen LogP contribution is 2.39. The van der Waals surface area contributed by atoms with Gasteiger partial charge in [0.15, 0.2) is 5.78 Å². The van der Waals surface area contributed by atoms with E-state index >= 15 is 0 Å². The zero-order valence-electron chi connectivity index (χ0n) is 24.1. The lowest BCUT2D eigenvalue weighted by Gasteiger charge is -2.44. The van der Waals surface area contributed by atoms with E-state index in [0.717, 1.165) is 5.57 Å². The lowest BCUT2D eigenvalue weighted by Crippen LogP contribution is -2.67. The molecule has 0 saturated heterocycles. The topological polar surface area (TPSA) is 78.9 Å². The van der Waals surface area contributed by atoms with Crippen molar-refractivity contribution >= 4 is 36.4 Å². The number of benzene rings is 2. The number of methoxy groups -OCH3 is 2. The Labute approximate surface area is 233 Å². The van der Waals surface area contributed by atoms with Crippen LogP contribution in [0.3, 0.4) is 0 Å². The van der Waals surface area contributed by atoms with Crippen molar-refractivity contribution in [1.29, 1.82) is 0 Å². The molecule has 1 aliphatic rings. The van der Waals surface area contributed by atoms with Crippen LogP contribution in [-0.4, -0.2) is 46.4 Å². The van der Waals surface area contributed by atoms with Crippen molar-refractivity contribution in [3.63, 3.8) is 0 Å². The van der Waals surface area contributed by atoms with Gasteiger partial charge >= 0.3 is 11.9 Å². The Kier molecular flexibility index (Phi) is 9.86. The van der Waals surface area contributed by atoms with Crippen molar-refractivity contribution in [3.8, 4) is 0 Å². The number of esters is 2. The summed E-state index contributed by atoms with van der Waals surface area (Å²) < 4.78 is 17.0. The Bertz CT molecular complexity index is 1220. The largest absolute Gasteiger partial charge is 0.466 e. The summed E-state index contributed by atoms with van der Waals surface area (Å²) >= 11 is 0. The summed E-state index contributed by atoms with van der Waals surface area (Å²) in [5, 5.41) is 2.25. The molecule has 0 radical (unpaired) electrons. The van der Waals surface area contributed by atoms with Crippen molar-refractivity contribution < 1.29 is 28.3 Å². The molecule has 6 nitrogen and oxygen atoms in total. The van der Waals surface area contributed by atoms with E-state index < -0.39 is 20.3 Å². The first-order valence-corrected chi connectivity index (χ1v) is 15.3. The summed E-state index contributed by atoms with van der Waals surface area (Å²) in [5.74, 6) is -1.31. The van der Waals surface area contributed by atoms with E-state index in [1.807, 2.05) is 12.1 Å². The first kappa shape index (κ1) is 30.3. The minimum atomic E-state index is -2.73. The molecule has 1 aliphatic carbocycles. The molecule has 0 amide bonds. The number of ketones is 1. The molecule has 0 aliphatic heterocycles. The molecule has 0 spiro atoms. The predicted molar refractivity (Wildman–Crippen MR) is 155 cm³/mol.